The topological polar surface area (TPSA) is 55.7 Å². The molecule has 2 aromatic carbocycles. The molecule has 2 atom stereocenters. The SMILES string of the molecule is CCOC(=O)C(C=NC(C)CCc1ccccc1)C(=O)c1ccccc1Cl. The summed E-state index contributed by atoms with van der Waals surface area (Å²) in [7, 11) is 0. The Balaban J connectivity index is 2.09. The van der Waals surface area contributed by atoms with Crippen LogP contribution in [0.25, 0.3) is 0 Å². The van der Waals surface area contributed by atoms with E-state index >= 15 is 0 Å². The second-order valence-electron chi connectivity index (χ2n) is 6.25. The molecule has 0 aliphatic rings. The maximum absolute atomic E-state index is 12.8. The van der Waals surface area contributed by atoms with E-state index in [0.717, 1.165) is 12.8 Å². The Hall–Kier alpha value is -2.46. The lowest BCUT2D eigenvalue weighted by atomic mass is 9.98. The molecule has 2 aromatic rings. The molecule has 0 saturated heterocycles. The average molecular weight is 386 g/mol. The largest absolute Gasteiger partial charge is 0.465 e. The van der Waals surface area contributed by atoms with Gasteiger partial charge in [0, 0.05) is 17.8 Å². The number of esters is 1. The Labute approximate surface area is 165 Å². The van der Waals surface area contributed by atoms with E-state index < -0.39 is 17.7 Å². The van der Waals surface area contributed by atoms with Gasteiger partial charge < -0.3 is 4.74 Å². The van der Waals surface area contributed by atoms with E-state index in [-0.39, 0.29) is 12.6 Å². The Kier molecular flexibility index (Phi) is 8.21. The summed E-state index contributed by atoms with van der Waals surface area (Å²) in [4.78, 5) is 29.5. The fourth-order valence-corrected chi connectivity index (χ4v) is 2.85. The molecule has 0 amide bonds. The minimum Gasteiger partial charge on any atom is -0.465 e. The third-order valence-electron chi connectivity index (χ3n) is 4.15. The van der Waals surface area contributed by atoms with E-state index in [0.29, 0.717) is 10.6 Å². The number of rotatable bonds is 9. The maximum Gasteiger partial charge on any atom is 0.322 e. The molecule has 0 heterocycles. The lowest BCUT2D eigenvalue weighted by Gasteiger charge is -2.13. The van der Waals surface area contributed by atoms with Crippen molar-refractivity contribution in [3.05, 3.63) is 70.7 Å². The second kappa shape index (κ2) is 10.6. The zero-order valence-electron chi connectivity index (χ0n) is 15.6. The number of Topliss-reactive ketones (excluding diaryl/α,β-unsaturated/α-hetero) is 1. The van der Waals surface area contributed by atoms with E-state index in [1.165, 1.54) is 11.8 Å². The first-order valence-electron chi connectivity index (χ1n) is 9.05. The van der Waals surface area contributed by atoms with Crippen molar-refractivity contribution in [3.63, 3.8) is 0 Å². The number of halogens is 1. The van der Waals surface area contributed by atoms with Crippen LogP contribution in [0, 0.1) is 5.92 Å². The molecule has 0 spiro atoms. The Morgan fingerprint density at radius 3 is 2.44 bits per heavy atom. The fraction of sp³-hybridized carbons (Fsp3) is 0.318. The highest BCUT2D eigenvalue weighted by Gasteiger charge is 2.28. The minimum atomic E-state index is -1.09. The van der Waals surface area contributed by atoms with E-state index in [1.54, 1.807) is 31.2 Å². The molecule has 0 radical (unpaired) electrons. The van der Waals surface area contributed by atoms with Crippen molar-refractivity contribution in [1.29, 1.82) is 0 Å². The summed E-state index contributed by atoms with van der Waals surface area (Å²) in [5, 5.41) is 0.308. The lowest BCUT2D eigenvalue weighted by molar-refractivity contribution is -0.143. The summed E-state index contributed by atoms with van der Waals surface area (Å²) in [6, 6.07) is 16.8. The number of benzene rings is 2. The Morgan fingerprint density at radius 1 is 1.11 bits per heavy atom. The highest BCUT2D eigenvalue weighted by molar-refractivity contribution is 6.35. The molecule has 0 aliphatic carbocycles. The van der Waals surface area contributed by atoms with Gasteiger partial charge in [0.05, 0.1) is 11.6 Å². The molecule has 0 aromatic heterocycles. The van der Waals surface area contributed by atoms with Gasteiger partial charge in [-0.1, -0.05) is 54.1 Å². The van der Waals surface area contributed by atoms with Crippen LogP contribution in [-0.4, -0.2) is 30.6 Å². The van der Waals surface area contributed by atoms with Gasteiger partial charge >= 0.3 is 5.97 Å². The summed E-state index contributed by atoms with van der Waals surface area (Å²) in [5.41, 5.74) is 1.52. The second-order valence-corrected chi connectivity index (χ2v) is 6.65. The van der Waals surface area contributed by atoms with Crippen LogP contribution in [0.4, 0.5) is 0 Å². The van der Waals surface area contributed by atoms with Gasteiger partial charge in [-0.25, -0.2) is 0 Å². The van der Waals surface area contributed by atoms with Crippen LogP contribution in [0.5, 0.6) is 0 Å². The Morgan fingerprint density at radius 2 is 1.78 bits per heavy atom. The standard InChI is InChI=1S/C22H24ClNO3/c1-3-27-22(26)19(21(25)18-11-7-8-12-20(18)23)15-24-16(2)13-14-17-9-5-4-6-10-17/h4-12,15-16,19H,3,13-14H2,1-2H3. The smallest absolute Gasteiger partial charge is 0.322 e. The number of hydrogen-bond acceptors (Lipinski definition) is 4. The molecule has 27 heavy (non-hydrogen) atoms. The van der Waals surface area contributed by atoms with E-state index in [1.807, 2.05) is 25.1 Å². The molecule has 2 rings (SSSR count). The molecule has 0 aliphatic heterocycles. The van der Waals surface area contributed by atoms with E-state index in [4.69, 9.17) is 16.3 Å². The summed E-state index contributed by atoms with van der Waals surface area (Å²) in [6.07, 6.45) is 3.09. The lowest BCUT2D eigenvalue weighted by Crippen LogP contribution is -2.28. The van der Waals surface area contributed by atoms with Crippen LogP contribution in [0.3, 0.4) is 0 Å². The first kappa shape index (κ1) is 20.8. The van der Waals surface area contributed by atoms with Crippen molar-refractivity contribution < 1.29 is 14.3 Å². The van der Waals surface area contributed by atoms with Gasteiger partial charge in [0.25, 0.3) is 0 Å². The van der Waals surface area contributed by atoms with Crippen LogP contribution in [0.2, 0.25) is 5.02 Å². The molecule has 0 bridgehead atoms. The first-order valence-corrected chi connectivity index (χ1v) is 9.43. The van der Waals surface area contributed by atoms with Crippen molar-refractivity contribution in [2.24, 2.45) is 10.9 Å². The predicted molar refractivity (Wildman–Crippen MR) is 109 cm³/mol. The van der Waals surface area contributed by atoms with Gasteiger partial charge in [-0.2, -0.15) is 0 Å². The number of ether oxygens (including phenoxy) is 1. The molecule has 0 saturated carbocycles. The Bertz CT molecular complexity index is 789. The molecule has 4 nitrogen and oxygen atoms in total. The van der Waals surface area contributed by atoms with Crippen LogP contribution in [-0.2, 0) is 16.0 Å². The van der Waals surface area contributed by atoms with Gasteiger partial charge in [-0.15, -0.1) is 0 Å². The van der Waals surface area contributed by atoms with Gasteiger partial charge in [0.2, 0.25) is 0 Å². The van der Waals surface area contributed by atoms with Crippen LogP contribution >= 0.6 is 11.6 Å². The molecular weight excluding hydrogens is 362 g/mol. The fourth-order valence-electron chi connectivity index (χ4n) is 2.62. The molecular formula is C22H24ClNO3. The van der Waals surface area contributed by atoms with Crippen molar-refractivity contribution >= 4 is 29.6 Å². The van der Waals surface area contributed by atoms with Crippen molar-refractivity contribution in [3.8, 4) is 0 Å². The van der Waals surface area contributed by atoms with E-state index in [9.17, 15) is 9.59 Å². The summed E-state index contributed by atoms with van der Waals surface area (Å²) < 4.78 is 5.05. The van der Waals surface area contributed by atoms with Crippen LogP contribution < -0.4 is 0 Å². The average Bonchev–Trinajstić information content (AvgIpc) is 2.67. The molecule has 0 fully saturated rings. The summed E-state index contributed by atoms with van der Waals surface area (Å²) in [6.45, 7) is 3.86. The number of carbonyl (C=O) groups is 2. The highest BCUT2D eigenvalue weighted by Crippen LogP contribution is 2.19. The van der Waals surface area contributed by atoms with Crippen LogP contribution in [0.1, 0.15) is 36.2 Å². The van der Waals surface area contributed by atoms with Gasteiger partial charge in [0.15, 0.2) is 11.7 Å². The van der Waals surface area contributed by atoms with Gasteiger partial charge in [-0.05, 0) is 44.4 Å². The van der Waals surface area contributed by atoms with E-state index in [2.05, 4.69) is 17.1 Å². The monoisotopic (exact) mass is 385 g/mol. The zero-order chi connectivity index (χ0) is 19.6. The molecule has 2 unspecified atom stereocenters. The highest BCUT2D eigenvalue weighted by atomic mass is 35.5. The van der Waals surface area contributed by atoms with Gasteiger partial charge in [0.1, 0.15) is 0 Å². The van der Waals surface area contributed by atoms with Crippen LogP contribution in [0.15, 0.2) is 59.6 Å². The number of ketones is 1. The maximum atomic E-state index is 12.8. The third kappa shape index (κ3) is 6.33. The first-order chi connectivity index (χ1) is 13.0. The molecule has 5 heteroatoms. The molecule has 142 valence electrons. The van der Waals surface area contributed by atoms with Crippen molar-refractivity contribution in [1.82, 2.24) is 0 Å². The minimum absolute atomic E-state index is 0.0267. The number of aryl methyl sites for hydroxylation is 1. The van der Waals surface area contributed by atoms with Gasteiger partial charge in [-0.3, -0.25) is 14.6 Å². The summed E-state index contributed by atoms with van der Waals surface area (Å²) in [5.74, 6) is -2.11. The normalized spacial score (nSPS) is 13.3. The third-order valence-corrected chi connectivity index (χ3v) is 4.48. The number of nitrogens with zero attached hydrogens (tertiary/aromatic N) is 1. The number of hydrogen-bond donors (Lipinski definition) is 0. The molecule has 0 N–H and O–H groups in total. The number of carbonyl (C=O) groups excluding carboxylic acids is 2. The van der Waals surface area contributed by atoms with Crippen molar-refractivity contribution in [2.75, 3.05) is 6.61 Å². The summed E-state index contributed by atoms with van der Waals surface area (Å²) >= 11 is 6.11. The predicted octanol–water partition coefficient (Wildman–Crippen LogP) is 4.79. The van der Waals surface area contributed by atoms with Crippen molar-refractivity contribution in [2.45, 2.75) is 32.7 Å². The quantitative estimate of drug-likeness (QED) is 0.270. The zero-order valence-corrected chi connectivity index (χ0v) is 16.4. The number of aliphatic imine (C=N–C) groups is 1.